The first-order chi connectivity index (χ1) is 10.5. The first-order valence-electron chi connectivity index (χ1n) is 7.96. The van der Waals surface area contributed by atoms with Crippen molar-refractivity contribution < 1.29 is 15.0 Å². The Hall–Kier alpha value is -1.43. The smallest absolute Gasteiger partial charge is 0.335 e. The van der Waals surface area contributed by atoms with Crippen LogP contribution in [0.4, 0.5) is 0 Å². The molecule has 22 heavy (non-hydrogen) atoms. The van der Waals surface area contributed by atoms with E-state index in [1.165, 1.54) is 0 Å². The van der Waals surface area contributed by atoms with Gasteiger partial charge < -0.3 is 10.2 Å². The van der Waals surface area contributed by atoms with Crippen LogP contribution in [0.3, 0.4) is 0 Å². The van der Waals surface area contributed by atoms with E-state index < -0.39 is 5.97 Å². The average Bonchev–Trinajstić information content (AvgIpc) is 2.49. The maximum absolute atomic E-state index is 10.9. The van der Waals surface area contributed by atoms with Gasteiger partial charge in [-0.15, -0.1) is 0 Å². The fourth-order valence-corrected chi connectivity index (χ4v) is 3.08. The van der Waals surface area contributed by atoms with E-state index in [0.717, 1.165) is 44.7 Å². The van der Waals surface area contributed by atoms with E-state index in [9.17, 15) is 9.90 Å². The predicted molar refractivity (Wildman–Crippen MR) is 86.0 cm³/mol. The summed E-state index contributed by atoms with van der Waals surface area (Å²) >= 11 is 0. The molecular weight excluding hydrogens is 280 g/mol. The van der Waals surface area contributed by atoms with Crippen LogP contribution in [0.15, 0.2) is 24.3 Å². The highest BCUT2D eigenvalue weighted by molar-refractivity contribution is 5.87. The van der Waals surface area contributed by atoms with Crippen LogP contribution in [0.1, 0.15) is 36.2 Å². The molecule has 0 bridgehead atoms. The van der Waals surface area contributed by atoms with Gasteiger partial charge in [0.25, 0.3) is 0 Å². The van der Waals surface area contributed by atoms with Gasteiger partial charge in [-0.3, -0.25) is 9.80 Å². The van der Waals surface area contributed by atoms with Crippen molar-refractivity contribution in [2.75, 3.05) is 26.2 Å². The zero-order valence-corrected chi connectivity index (χ0v) is 13.4. The molecule has 1 aromatic carbocycles. The SMILES string of the molecule is CCC1CN(Cc2ccc(C(=O)O)cc2)CCN1CC(C)O. The summed E-state index contributed by atoms with van der Waals surface area (Å²) < 4.78 is 0. The summed E-state index contributed by atoms with van der Waals surface area (Å²) in [6, 6.07) is 7.60. The van der Waals surface area contributed by atoms with Crippen molar-refractivity contribution in [3.8, 4) is 0 Å². The summed E-state index contributed by atoms with van der Waals surface area (Å²) in [4.78, 5) is 15.6. The summed E-state index contributed by atoms with van der Waals surface area (Å²) in [5.41, 5.74) is 1.47. The molecule has 2 unspecified atom stereocenters. The largest absolute Gasteiger partial charge is 0.478 e. The summed E-state index contributed by atoms with van der Waals surface area (Å²) in [6.07, 6.45) is 0.783. The lowest BCUT2D eigenvalue weighted by Crippen LogP contribution is -2.54. The Bertz CT molecular complexity index is 487. The molecule has 1 saturated heterocycles. The van der Waals surface area contributed by atoms with Crippen molar-refractivity contribution >= 4 is 5.97 Å². The number of rotatable bonds is 6. The van der Waals surface area contributed by atoms with E-state index in [4.69, 9.17) is 5.11 Å². The Morgan fingerprint density at radius 1 is 1.32 bits per heavy atom. The summed E-state index contributed by atoms with van der Waals surface area (Å²) in [7, 11) is 0. The van der Waals surface area contributed by atoms with Crippen LogP contribution >= 0.6 is 0 Å². The van der Waals surface area contributed by atoms with E-state index in [0.29, 0.717) is 11.6 Å². The number of benzene rings is 1. The number of aromatic carboxylic acids is 1. The topological polar surface area (TPSA) is 64.0 Å². The molecule has 1 fully saturated rings. The number of hydrogen-bond donors (Lipinski definition) is 2. The van der Waals surface area contributed by atoms with Gasteiger partial charge >= 0.3 is 5.97 Å². The molecule has 1 heterocycles. The van der Waals surface area contributed by atoms with Crippen LogP contribution in [0, 0.1) is 0 Å². The maximum atomic E-state index is 10.9. The molecular formula is C17H26N2O3. The van der Waals surface area contributed by atoms with Gasteiger partial charge in [0.2, 0.25) is 0 Å². The Morgan fingerprint density at radius 2 is 2.00 bits per heavy atom. The quantitative estimate of drug-likeness (QED) is 0.837. The van der Waals surface area contributed by atoms with Gasteiger partial charge in [-0.2, -0.15) is 0 Å². The van der Waals surface area contributed by atoms with Gasteiger partial charge in [0.05, 0.1) is 11.7 Å². The maximum Gasteiger partial charge on any atom is 0.335 e. The van der Waals surface area contributed by atoms with Crippen LogP contribution in [-0.2, 0) is 6.54 Å². The minimum absolute atomic E-state index is 0.288. The first-order valence-corrected chi connectivity index (χ1v) is 7.96. The van der Waals surface area contributed by atoms with Crippen molar-refractivity contribution in [2.24, 2.45) is 0 Å². The molecule has 5 nitrogen and oxygen atoms in total. The van der Waals surface area contributed by atoms with Crippen LogP contribution in [-0.4, -0.2) is 64.3 Å². The molecule has 122 valence electrons. The van der Waals surface area contributed by atoms with Crippen LogP contribution in [0.5, 0.6) is 0 Å². The van der Waals surface area contributed by atoms with Crippen molar-refractivity contribution in [3.05, 3.63) is 35.4 Å². The average molecular weight is 306 g/mol. The second-order valence-electron chi connectivity index (χ2n) is 6.14. The number of carbonyl (C=O) groups is 1. The molecule has 5 heteroatoms. The lowest BCUT2D eigenvalue weighted by molar-refractivity contribution is 0.0338. The molecule has 2 atom stereocenters. The van der Waals surface area contributed by atoms with Gasteiger partial charge in [0.1, 0.15) is 0 Å². The molecule has 0 radical (unpaired) electrons. The lowest BCUT2D eigenvalue weighted by Gasteiger charge is -2.41. The van der Waals surface area contributed by atoms with Gasteiger partial charge in [-0.25, -0.2) is 4.79 Å². The Balaban J connectivity index is 1.93. The first kappa shape index (κ1) is 16.9. The number of carboxylic acids is 1. The third-order valence-corrected chi connectivity index (χ3v) is 4.27. The monoisotopic (exact) mass is 306 g/mol. The van der Waals surface area contributed by atoms with Crippen LogP contribution in [0.25, 0.3) is 0 Å². The van der Waals surface area contributed by atoms with Crippen LogP contribution < -0.4 is 0 Å². The van der Waals surface area contributed by atoms with E-state index in [2.05, 4.69) is 16.7 Å². The number of piperazine rings is 1. The highest BCUT2D eigenvalue weighted by Gasteiger charge is 2.26. The second-order valence-corrected chi connectivity index (χ2v) is 6.14. The molecule has 1 aliphatic rings. The number of aliphatic hydroxyl groups excluding tert-OH is 1. The normalized spacial score (nSPS) is 21.7. The van der Waals surface area contributed by atoms with Gasteiger partial charge in [-0.05, 0) is 31.0 Å². The summed E-state index contributed by atoms with van der Waals surface area (Å²) in [5.74, 6) is -0.885. The van der Waals surface area contributed by atoms with Crippen LogP contribution in [0.2, 0.25) is 0 Å². The Morgan fingerprint density at radius 3 is 2.55 bits per heavy atom. The number of hydrogen-bond acceptors (Lipinski definition) is 4. The van der Waals surface area contributed by atoms with E-state index in [-0.39, 0.29) is 6.10 Å². The van der Waals surface area contributed by atoms with Crippen molar-refractivity contribution in [1.82, 2.24) is 9.80 Å². The molecule has 0 amide bonds. The summed E-state index contributed by atoms with van der Waals surface area (Å²) in [6.45, 7) is 8.54. The van der Waals surface area contributed by atoms with Gasteiger partial charge in [0, 0.05) is 38.8 Å². The Labute approximate surface area is 132 Å². The minimum Gasteiger partial charge on any atom is -0.478 e. The molecule has 0 aliphatic carbocycles. The molecule has 1 aliphatic heterocycles. The van der Waals surface area contributed by atoms with Crippen molar-refractivity contribution in [3.63, 3.8) is 0 Å². The Kier molecular flexibility index (Phi) is 5.94. The predicted octanol–water partition coefficient (Wildman–Crippen LogP) is 1.66. The number of β-amino-alcohol motifs (C(OH)–C–C–N with tert-alkyl or cyclic N) is 1. The minimum atomic E-state index is -0.885. The molecule has 0 spiro atoms. The zero-order valence-electron chi connectivity index (χ0n) is 13.4. The third-order valence-electron chi connectivity index (χ3n) is 4.27. The van der Waals surface area contributed by atoms with Gasteiger partial charge in [0.15, 0.2) is 0 Å². The number of carboxylic acid groups (broad SMARTS) is 1. The van der Waals surface area contributed by atoms with E-state index >= 15 is 0 Å². The molecule has 0 saturated carbocycles. The third kappa shape index (κ3) is 4.53. The van der Waals surface area contributed by atoms with Crippen molar-refractivity contribution in [2.45, 2.75) is 39.0 Å². The lowest BCUT2D eigenvalue weighted by atomic mass is 10.1. The molecule has 2 rings (SSSR count). The van der Waals surface area contributed by atoms with Gasteiger partial charge in [-0.1, -0.05) is 19.1 Å². The standard InChI is InChI=1S/C17H26N2O3/c1-3-16-12-18(8-9-19(16)10-13(2)20)11-14-4-6-15(7-5-14)17(21)22/h4-7,13,16,20H,3,8-12H2,1-2H3,(H,21,22). The van der Waals surface area contributed by atoms with Crippen molar-refractivity contribution in [1.29, 1.82) is 0 Å². The number of aliphatic hydroxyl groups is 1. The summed E-state index contributed by atoms with van der Waals surface area (Å²) in [5, 5.41) is 18.5. The van der Waals surface area contributed by atoms with E-state index in [1.54, 1.807) is 12.1 Å². The molecule has 0 aromatic heterocycles. The highest BCUT2D eigenvalue weighted by Crippen LogP contribution is 2.16. The second kappa shape index (κ2) is 7.72. The molecule has 1 aromatic rings. The molecule has 2 N–H and O–H groups in total. The zero-order chi connectivity index (χ0) is 16.1. The fraction of sp³-hybridized carbons (Fsp3) is 0.588. The highest BCUT2D eigenvalue weighted by atomic mass is 16.4. The fourth-order valence-electron chi connectivity index (χ4n) is 3.08. The van der Waals surface area contributed by atoms with E-state index in [1.807, 2.05) is 19.1 Å². The number of nitrogens with zero attached hydrogens (tertiary/aromatic N) is 2.